The van der Waals surface area contributed by atoms with Crippen molar-refractivity contribution in [2.24, 2.45) is 5.73 Å². The summed E-state index contributed by atoms with van der Waals surface area (Å²) in [5.41, 5.74) is 7.98. The second kappa shape index (κ2) is 8.12. The molecule has 1 aliphatic rings. The minimum atomic E-state index is -0.574. The number of nitrogens with two attached hydrogens (primary N) is 1. The zero-order chi connectivity index (χ0) is 19.4. The van der Waals surface area contributed by atoms with Gasteiger partial charge in [0.05, 0.1) is 13.2 Å². The van der Waals surface area contributed by atoms with Crippen LogP contribution in [0, 0.1) is 6.92 Å². The van der Waals surface area contributed by atoms with Gasteiger partial charge >= 0.3 is 0 Å². The largest absolute Gasteiger partial charge is 0.493 e. The van der Waals surface area contributed by atoms with E-state index in [1.165, 1.54) is 12.7 Å². The molecular weight excluding hydrogens is 344 g/mol. The molecule has 0 spiro atoms. The van der Waals surface area contributed by atoms with Crippen LogP contribution in [0.25, 0.3) is 0 Å². The third-order valence-electron chi connectivity index (χ3n) is 4.76. The maximum Gasteiger partial charge on any atom is 0.255 e. The van der Waals surface area contributed by atoms with Gasteiger partial charge in [-0.05, 0) is 43.5 Å². The molecule has 2 aromatic carbocycles. The zero-order valence-corrected chi connectivity index (χ0v) is 15.6. The molecule has 1 heterocycles. The average Bonchev–Trinajstić information content (AvgIpc) is 3.16. The Labute approximate surface area is 158 Å². The topological polar surface area (TPSA) is 81.9 Å². The van der Waals surface area contributed by atoms with Gasteiger partial charge in [-0.25, -0.2) is 0 Å². The fraction of sp³-hybridized carbons (Fsp3) is 0.333. The summed E-state index contributed by atoms with van der Waals surface area (Å²) in [6.07, 6.45) is 1.92. The minimum Gasteiger partial charge on any atom is -0.493 e. The Morgan fingerprint density at radius 1 is 1.15 bits per heavy atom. The maximum absolute atomic E-state index is 13.1. The maximum atomic E-state index is 13.1. The SMILES string of the molecule is COc1cc(C(=O)N2CCCC2c2ccc(C)cc2)ccc1OCC(N)=O. The number of benzene rings is 2. The van der Waals surface area contributed by atoms with E-state index in [-0.39, 0.29) is 18.6 Å². The van der Waals surface area contributed by atoms with E-state index < -0.39 is 5.91 Å². The van der Waals surface area contributed by atoms with E-state index in [9.17, 15) is 9.59 Å². The summed E-state index contributed by atoms with van der Waals surface area (Å²) >= 11 is 0. The van der Waals surface area contributed by atoms with Crippen LogP contribution in [0.4, 0.5) is 0 Å². The summed E-state index contributed by atoms with van der Waals surface area (Å²) in [7, 11) is 1.49. The molecule has 0 aromatic heterocycles. The summed E-state index contributed by atoms with van der Waals surface area (Å²) in [5.74, 6) is 0.158. The Morgan fingerprint density at radius 3 is 2.56 bits per heavy atom. The number of aryl methyl sites for hydroxylation is 1. The molecule has 0 bridgehead atoms. The molecule has 1 aliphatic heterocycles. The molecule has 2 N–H and O–H groups in total. The third kappa shape index (κ3) is 4.22. The number of hydrogen-bond acceptors (Lipinski definition) is 4. The molecule has 1 atom stereocenters. The minimum absolute atomic E-state index is 0.0437. The van der Waals surface area contributed by atoms with Crippen molar-refractivity contribution in [2.45, 2.75) is 25.8 Å². The Morgan fingerprint density at radius 2 is 1.89 bits per heavy atom. The van der Waals surface area contributed by atoms with Crippen LogP contribution < -0.4 is 15.2 Å². The van der Waals surface area contributed by atoms with Gasteiger partial charge in [-0.1, -0.05) is 29.8 Å². The van der Waals surface area contributed by atoms with Gasteiger partial charge in [0.15, 0.2) is 18.1 Å². The van der Waals surface area contributed by atoms with Crippen molar-refractivity contribution in [2.75, 3.05) is 20.3 Å². The van der Waals surface area contributed by atoms with E-state index >= 15 is 0 Å². The lowest BCUT2D eigenvalue weighted by molar-refractivity contribution is -0.119. The molecule has 2 aromatic rings. The first-order chi connectivity index (χ1) is 13.0. The number of amides is 2. The smallest absolute Gasteiger partial charge is 0.255 e. The highest BCUT2D eigenvalue weighted by molar-refractivity contribution is 5.95. The highest BCUT2D eigenvalue weighted by Crippen LogP contribution is 2.35. The zero-order valence-electron chi connectivity index (χ0n) is 15.6. The van der Waals surface area contributed by atoms with Gasteiger partial charge in [0, 0.05) is 12.1 Å². The first-order valence-corrected chi connectivity index (χ1v) is 8.96. The number of likely N-dealkylation sites (tertiary alicyclic amines) is 1. The van der Waals surface area contributed by atoms with Crippen LogP contribution in [0.3, 0.4) is 0 Å². The van der Waals surface area contributed by atoms with Gasteiger partial charge in [0.1, 0.15) is 0 Å². The Hall–Kier alpha value is -3.02. The number of primary amides is 1. The van der Waals surface area contributed by atoms with Crippen LogP contribution in [0.5, 0.6) is 11.5 Å². The summed E-state index contributed by atoms with van der Waals surface area (Å²) < 4.78 is 10.6. The predicted octanol–water partition coefficient (Wildman–Crippen LogP) is 2.85. The van der Waals surface area contributed by atoms with Crippen LogP contribution >= 0.6 is 0 Å². The number of methoxy groups -OCH3 is 1. The third-order valence-corrected chi connectivity index (χ3v) is 4.76. The van der Waals surface area contributed by atoms with Crippen LogP contribution in [-0.2, 0) is 4.79 Å². The number of ether oxygens (including phenoxy) is 2. The average molecular weight is 368 g/mol. The molecule has 142 valence electrons. The van der Waals surface area contributed by atoms with E-state index in [0.717, 1.165) is 24.9 Å². The summed E-state index contributed by atoms with van der Waals surface area (Å²) in [6.45, 7) is 2.53. The monoisotopic (exact) mass is 368 g/mol. The van der Waals surface area contributed by atoms with Crippen molar-refractivity contribution in [1.29, 1.82) is 0 Å². The van der Waals surface area contributed by atoms with Gasteiger partial charge in [0.25, 0.3) is 11.8 Å². The first kappa shape index (κ1) is 18.8. The number of carbonyl (C=O) groups is 2. The predicted molar refractivity (Wildman–Crippen MR) is 102 cm³/mol. The van der Waals surface area contributed by atoms with Gasteiger partial charge in [-0.2, -0.15) is 0 Å². The van der Waals surface area contributed by atoms with Crippen LogP contribution in [0.2, 0.25) is 0 Å². The van der Waals surface area contributed by atoms with E-state index in [1.807, 2.05) is 4.90 Å². The van der Waals surface area contributed by atoms with Crippen molar-refractivity contribution < 1.29 is 19.1 Å². The van der Waals surface area contributed by atoms with E-state index in [2.05, 4.69) is 31.2 Å². The quantitative estimate of drug-likeness (QED) is 0.850. The molecule has 2 amide bonds. The van der Waals surface area contributed by atoms with Gasteiger partial charge < -0.3 is 20.1 Å². The van der Waals surface area contributed by atoms with Crippen molar-refractivity contribution in [3.8, 4) is 11.5 Å². The molecule has 6 nitrogen and oxygen atoms in total. The van der Waals surface area contributed by atoms with Gasteiger partial charge in [-0.3, -0.25) is 9.59 Å². The Kier molecular flexibility index (Phi) is 5.64. The summed E-state index contributed by atoms with van der Waals surface area (Å²) in [6, 6.07) is 13.4. The number of carbonyl (C=O) groups excluding carboxylic acids is 2. The highest BCUT2D eigenvalue weighted by Gasteiger charge is 2.31. The molecule has 6 heteroatoms. The molecule has 1 saturated heterocycles. The lowest BCUT2D eigenvalue weighted by Gasteiger charge is -2.25. The second-order valence-corrected chi connectivity index (χ2v) is 6.69. The van der Waals surface area contributed by atoms with E-state index in [1.54, 1.807) is 18.2 Å². The lowest BCUT2D eigenvalue weighted by Crippen LogP contribution is -2.30. The molecule has 0 saturated carbocycles. The van der Waals surface area contributed by atoms with Crippen molar-refractivity contribution >= 4 is 11.8 Å². The normalized spacial score (nSPS) is 16.2. The molecular formula is C21H24N2O4. The van der Waals surface area contributed by atoms with E-state index in [4.69, 9.17) is 15.2 Å². The fourth-order valence-electron chi connectivity index (χ4n) is 3.38. The molecule has 27 heavy (non-hydrogen) atoms. The van der Waals surface area contributed by atoms with Gasteiger partial charge in [-0.15, -0.1) is 0 Å². The molecule has 0 aliphatic carbocycles. The fourth-order valence-corrected chi connectivity index (χ4v) is 3.38. The highest BCUT2D eigenvalue weighted by atomic mass is 16.5. The Balaban J connectivity index is 1.81. The standard InChI is InChI=1S/C21H24N2O4/c1-14-5-7-15(8-6-14)17-4-3-11-23(17)21(25)16-9-10-18(19(12-16)26-2)27-13-20(22)24/h5-10,12,17H,3-4,11,13H2,1-2H3,(H2,22,24). The van der Waals surface area contributed by atoms with Crippen molar-refractivity contribution in [3.63, 3.8) is 0 Å². The second-order valence-electron chi connectivity index (χ2n) is 6.69. The van der Waals surface area contributed by atoms with Crippen LogP contribution in [0.1, 0.15) is 40.4 Å². The molecule has 3 rings (SSSR count). The van der Waals surface area contributed by atoms with Gasteiger partial charge in [0.2, 0.25) is 0 Å². The summed E-state index contributed by atoms with van der Waals surface area (Å²) in [5, 5.41) is 0. The molecule has 1 fully saturated rings. The van der Waals surface area contributed by atoms with E-state index in [0.29, 0.717) is 17.1 Å². The number of nitrogens with zero attached hydrogens (tertiary/aromatic N) is 1. The number of hydrogen-bond donors (Lipinski definition) is 1. The molecule has 1 unspecified atom stereocenters. The van der Waals surface area contributed by atoms with Crippen LogP contribution in [0.15, 0.2) is 42.5 Å². The van der Waals surface area contributed by atoms with Crippen molar-refractivity contribution in [3.05, 3.63) is 59.2 Å². The first-order valence-electron chi connectivity index (χ1n) is 8.96. The summed E-state index contributed by atoms with van der Waals surface area (Å²) in [4.78, 5) is 25.9. The van der Waals surface area contributed by atoms with Crippen LogP contribution in [-0.4, -0.2) is 37.0 Å². The molecule has 0 radical (unpaired) electrons. The Bertz CT molecular complexity index is 833. The number of rotatable bonds is 6. The van der Waals surface area contributed by atoms with Crippen molar-refractivity contribution in [1.82, 2.24) is 4.90 Å². The lowest BCUT2D eigenvalue weighted by atomic mass is 10.0.